The quantitative estimate of drug-likeness (QED) is 0.418. The highest BCUT2D eigenvalue weighted by atomic mass is 32.2. The summed E-state index contributed by atoms with van der Waals surface area (Å²) in [5.74, 6) is -0.308. The van der Waals surface area contributed by atoms with E-state index in [0.29, 0.717) is 33.6 Å². The number of ether oxygens (including phenoxy) is 3. The van der Waals surface area contributed by atoms with E-state index < -0.39 is 17.0 Å². The van der Waals surface area contributed by atoms with Gasteiger partial charge in [0.25, 0.3) is 0 Å². The number of anilines is 1. The standard InChI is InChI=1S/C28H24FN3O6S/c1-2-36-27(35)18-4-8-20(9-5-18)30-26(34)24-14-25(33)32(15-17-3-12-22-23(13-17)38-16-37-22)28(39-24)31-21-10-6-19(29)7-11-21/h3-13,24H,2,14-16H2,1H3,(H,30,34)/t24-/m0/s1. The van der Waals surface area contributed by atoms with E-state index in [1.807, 2.05) is 6.07 Å². The number of benzene rings is 3. The van der Waals surface area contributed by atoms with Crippen molar-refractivity contribution in [2.45, 2.75) is 25.1 Å². The van der Waals surface area contributed by atoms with Gasteiger partial charge >= 0.3 is 5.97 Å². The minimum absolute atomic E-state index is 0.0512. The molecule has 5 rings (SSSR count). The highest BCUT2D eigenvalue weighted by Gasteiger charge is 2.36. The minimum atomic E-state index is -0.755. The van der Waals surface area contributed by atoms with E-state index in [2.05, 4.69) is 10.3 Å². The number of nitrogens with zero attached hydrogens (tertiary/aromatic N) is 2. The first-order valence-corrected chi connectivity index (χ1v) is 13.1. The van der Waals surface area contributed by atoms with Gasteiger partial charge in [-0.1, -0.05) is 17.8 Å². The summed E-state index contributed by atoms with van der Waals surface area (Å²) in [4.78, 5) is 44.4. The van der Waals surface area contributed by atoms with Crippen LogP contribution in [0.3, 0.4) is 0 Å². The number of fused-ring (bicyclic) bond motifs is 1. The third kappa shape index (κ3) is 6.20. The van der Waals surface area contributed by atoms with E-state index >= 15 is 0 Å². The molecule has 200 valence electrons. The fraction of sp³-hybridized carbons (Fsp3) is 0.214. The summed E-state index contributed by atoms with van der Waals surface area (Å²) >= 11 is 1.15. The summed E-state index contributed by atoms with van der Waals surface area (Å²) in [7, 11) is 0. The number of carbonyl (C=O) groups is 3. The van der Waals surface area contributed by atoms with Gasteiger partial charge in [-0.25, -0.2) is 14.2 Å². The topological polar surface area (TPSA) is 107 Å². The molecule has 2 aliphatic rings. The van der Waals surface area contributed by atoms with Gasteiger partial charge in [0.1, 0.15) is 11.1 Å². The molecule has 39 heavy (non-hydrogen) atoms. The third-order valence-corrected chi connectivity index (χ3v) is 7.11. The Morgan fingerprint density at radius 2 is 1.82 bits per heavy atom. The zero-order valence-electron chi connectivity index (χ0n) is 20.9. The maximum Gasteiger partial charge on any atom is 0.338 e. The zero-order chi connectivity index (χ0) is 27.4. The Balaban J connectivity index is 1.35. The molecule has 2 aliphatic heterocycles. The van der Waals surface area contributed by atoms with Gasteiger partial charge in [-0.15, -0.1) is 0 Å². The van der Waals surface area contributed by atoms with E-state index in [0.717, 1.165) is 17.3 Å². The monoisotopic (exact) mass is 549 g/mol. The number of rotatable bonds is 7. The first-order chi connectivity index (χ1) is 18.9. The molecule has 1 N–H and O–H groups in total. The SMILES string of the molecule is CCOC(=O)c1ccc(NC(=O)[C@@H]2CC(=O)N(Cc3ccc4c(c3)OCO4)C(=Nc3ccc(F)cc3)S2)cc1. The maximum atomic E-state index is 13.5. The summed E-state index contributed by atoms with van der Waals surface area (Å²) in [5, 5.41) is 2.36. The second-order valence-electron chi connectivity index (χ2n) is 8.64. The van der Waals surface area contributed by atoms with Crippen LogP contribution >= 0.6 is 11.8 Å². The summed E-state index contributed by atoms with van der Waals surface area (Å²) in [6, 6.07) is 17.3. The number of carbonyl (C=O) groups excluding carboxylic acids is 3. The average Bonchev–Trinajstić information content (AvgIpc) is 3.40. The van der Waals surface area contributed by atoms with E-state index in [-0.39, 0.29) is 38.2 Å². The lowest BCUT2D eigenvalue weighted by Crippen LogP contribution is -2.44. The molecule has 0 saturated carbocycles. The third-order valence-electron chi connectivity index (χ3n) is 5.92. The fourth-order valence-corrected chi connectivity index (χ4v) is 5.07. The molecule has 11 heteroatoms. The minimum Gasteiger partial charge on any atom is -0.462 e. The highest BCUT2D eigenvalue weighted by molar-refractivity contribution is 8.15. The van der Waals surface area contributed by atoms with Crippen LogP contribution in [0.5, 0.6) is 11.5 Å². The van der Waals surface area contributed by atoms with Crippen LogP contribution in [-0.4, -0.2) is 46.5 Å². The van der Waals surface area contributed by atoms with E-state index in [1.165, 1.54) is 29.2 Å². The number of thioether (sulfide) groups is 1. The van der Waals surface area contributed by atoms with Crippen LogP contribution < -0.4 is 14.8 Å². The summed E-state index contributed by atoms with van der Waals surface area (Å²) in [6.07, 6.45) is -0.0512. The van der Waals surface area contributed by atoms with E-state index in [4.69, 9.17) is 14.2 Å². The molecule has 0 unspecified atom stereocenters. The van der Waals surface area contributed by atoms with E-state index in [9.17, 15) is 18.8 Å². The Kier molecular flexibility index (Phi) is 7.78. The van der Waals surface area contributed by atoms with Gasteiger partial charge < -0.3 is 19.5 Å². The van der Waals surface area contributed by atoms with Crippen LogP contribution in [0.2, 0.25) is 0 Å². The highest BCUT2D eigenvalue weighted by Crippen LogP contribution is 2.35. The van der Waals surface area contributed by atoms with Crippen molar-refractivity contribution >= 4 is 46.1 Å². The molecule has 1 saturated heterocycles. The molecule has 3 aromatic rings. The Morgan fingerprint density at radius 3 is 2.56 bits per heavy atom. The van der Waals surface area contributed by atoms with Crippen molar-refractivity contribution in [3.8, 4) is 11.5 Å². The summed E-state index contributed by atoms with van der Waals surface area (Å²) in [6.45, 7) is 2.32. The van der Waals surface area contributed by atoms with Crippen LogP contribution in [0, 0.1) is 5.82 Å². The van der Waals surface area contributed by atoms with Gasteiger partial charge in [-0.3, -0.25) is 14.5 Å². The molecule has 0 spiro atoms. The van der Waals surface area contributed by atoms with Gasteiger partial charge in [0.15, 0.2) is 16.7 Å². The first kappa shape index (κ1) is 26.2. The Labute approximate surface area is 228 Å². The number of amidine groups is 1. The van der Waals surface area contributed by atoms with Crippen molar-refractivity contribution in [2.24, 2.45) is 4.99 Å². The summed E-state index contributed by atoms with van der Waals surface area (Å²) < 4.78 is 29.3. The lowest BCUT2D eigenvalue weighted by Gasteiger charge is -2.32. The Bertz CT molecular complexity index is 1430. The predicted molar refractivity (Wildman–Crippen MR) is 144 cm³/mol. The van der Waals surface area contributed by atoms with Gasteiger partial charge in [-0.2, -0.15) is 0 Å². The molecule has 2 heterocycles. The van der Waals surface area contributed by atoms with E-state index in [1.54, 1.807) is 43.3 Å². The maximum absolute atomic E-state index is 13.5. The molecular formula is C28H24FN3O6S. The number of amides is 2. The smallest absolute Gasteiger partial charge is 0.338 e. The van der Waals surface area contributed by atoms with Crippen LogP contribution in [0.1, 0.15) is 29.3 Å². The van der Waals surface area contributed by atoms with Crippen molar-refractivity contribution in [2.75, 3.05) is 18.7 Å². The molecule has 0 aromatic heterocycles. The van der Waals surface area contributed by atoms with Gasteiger partial charge in [-0.05, 0) is 73.2 Å². The normalized spacial score (nSPS) is 17.3. The number of halogens is 1. The molecule has 9 nitrogen and oxygen atoms in total. The zero-order valence-corrected chi connectivity index (χ0v) is 21.7. The fourth-order valence-electron chi connectivity index (χ4n) is 3.97. The number of hydrogen-bond acceptors (Lipinski definition) is 8. The number of esters is 1. The van der Waals surface area contributed by atoms with Crippen molar-refractivity contribution in [1.82, 2.24) is 4.90 Å². The number of aliphatic imine (C=N–C) groups is 1. The second-order valence-corrected chi connectivity index (χ2v) is 9.81. The number of nitrogens with one attached hydrogen (secondary N) is 1. The lowest BCUT2D eigenvalue weighted by molar-refractivity contribution is -0.129. The molecule has 1 fully saturated rings. The molecule has 0 bridgehead atoms. The second kappa shape index (κ2) is 11.6. The molecule has 3 aromatic carbocycles. The Morgan fingerprint density at radius 1 is 1.08 bits per heavy atom. The number of hydrogen-bond donors (Lipinski definition) is 1. The largest absolute Gasteiger partial charge is 0.462 e. The average molecular weight is 550 g/mol. The molecular weight excluding hydrogens is 525 g/mol. The van der Waals surface area contributed by atoms with Gasteiger partial charge in [0.2, 0.25) is 18.6 Å². The van der Waals surface area contributed by atoms with Crippen LogP contribution in [0.15, 0.2) is 71.7 Å². The van der Waals surface area contributed by atoms with Gasteiger partial charge in [0, 0.05) is 12.1 Å². The molecule has 1 atom stereocenters. The summed E-state index contributed by atoms with van der Waals surface area (Å²) in [5.41, 5.74) is 2.08. The predicted octanol–water partition coefficient (Wildman–Crippen LogP) is 4.89. The van der Waals surface area contributed by atoms with Crippen molar-refractivity contribution in [1.29, 1.82) is 0 Å². The van der Waals surface area contributed by atoms with Crippen molar-refractivity contribution in [3.05, 3.63) is 83.7 Å². The van der Waals surface area contributed by atoms with Gasteiger partial charge in [0.05, 0.1) is 24.4 Å². The van der Waals surface area contributed by atoms with Crippen molar-refractivity contribution < 1.29 is 33.0 Å². The first-order valence-electron chi connectivity index (χ1n) is 12.2. The molecule has 0 radical (unpaired) electrons. The lowest BCUT2D eigenvalue weighted by atomic mass is 10.1. The Hall–Kier alpha value is -4.38. The van der Waals surface area contributed by atoms with Crippen LogP contribution in [-0.2, 0) is 20.9 Å². The van der Waals surface area contributed by atoms with Crippen LogP contribution in [0.4, 0.5) is 15.8 Å². The molecule has 2 amide bonds. The van der Waals surface area contributed by atoms with Crippen molar-refractivity contribution in [3.63, 3.8) is 0 Å². The molecule has 0 aliphatic carbocycles. The van der Waals surface area contributed by atoms with Crippen LogP contribution in [0.25, 0.3) is 0 Å².